The standard InChI is InChI=1S/C27H26N6O2/c1-19(14-25(35)33-23-17-30-27(31-18-23)21-10-6-3-7-11-21)12-13-24(34)32-22-15-28-26(29-16-22)20-8-4-2-5-9-20/h2-11,15-19H,12-14H2,1H3,(H,32,34)(H,33,35). The van der Waals surface area contributed by atoms with E-state index in [0.717, 1.165) is 11.1 Å². The Labute approximate surface area is 203 Å². The van der Waals surface area contributed by atoms with Gasteiger partial charge in [0.1, 0.15) is 0 Å². The van der Waals surface area contributed by atoms with Crippen LogP contribution in [0.25, 0.3) is 22.8 Å². The van der Waals surface area contributed by atoms with E-state index in [0.29, 0.717) is 42.3 Å². The smallest absolute Gasteiger partial charge is 0.224 e. The Bertz CT molecular complexity index is 1250. The zero-order valence-corrected chi connectivity index (χ0v) is 19.4. The van der Waals surface area contributed by atoms with Crippen molar-refractivity contribution in [3.8, 4) is 22.8 Å². The van der Waals surface area contributed by atoms with Gasteiger partial charge in [0, 0.05) is 24.0 Å². The van der Waals surface area contributed by atoms with E-state index in [2.05, 4.69) is 30.6 Å². The molecule has 8 nitrogen and oxygen atoms in total. The first kappa shape index (κ1) is 23.7. The van der Waals surface area contributed by atoms with Crippen LogP contribution in [-0.2, 0) is 9.59 Å². The van der Waals surface area contributed by atoms with Crippen molar-refractivity contribution < 1.29 is 9.59 Å². The van der Waals surface area contributed by atoms with Gasteiger partial charge in [-0.05, 0) is 12.3 Å². The van der Waals surface area contributed by atoms with E-state index in [1.807, 2.05) is 67.6 Å². The number of carbonyl (C=O) groups excluding carboxylic acids is 2. The van der Waals surface area contributed by atoms with Crippen molar-refractivity contribution in [3.05, 3.63) is 85.5 Å². The third kappa shape index (κ3) is 7.01. The highest BCUT2D eigenvalue weighted by atomic mass is 16.2. The van der Waals surface area contributed by atoms with Crippen LogP contribution in [0.3, 0.4) is 0 Å². The highest BCUT2D eigenvalue weighted by molar-refractivity contribution is 5.91. The van der Waals surface area contributed by atoms with Crippen molar-refractivity contribution in [2.75, 3.05) is 10.6 Å². The minimum Gasteiger partial charge on any atom is -0.323 e. The number of benzene rings is 2. The molecule has 0 radical (unpaired) electrons. The van der Waals surface area contributed by atoms with Gasteiger partial charge in [-0.1, -0.05) is 67.6 Å². The van der Waals surface area contributed by atoms with E-state index in [-0.39, 0.29) is 17.7 Å². The maximum Gasteiger partial charge on any atom is 0.224 e. The Morgan fingerprint density at radius 2 is 1.11 bits per heavy atom. The summed E-state index contributed by atoms with van der Waals surface area (Å²) in [6, 6.07) is 19.3. The number of rotatable bonds is 9. The van der Waals surface area contributed by atoms with Crippen LogP contribution in [0.5, 0.6) is 0 Å². The summed E-state index contributed by atoms with van der Waals surface area (Å²) in [6.07, 6.45) is 7.54. The molecule has 8 heteroatoms. The fourth-order valence-electron chi connectivity index (χ4n) is 3.49. The molecule has 2 heterocycles. The van der Waals surface area contributed by atoms with Crippen molar-refractivity contribution in [1.29, 1.82) is 0 Å². The monoisotopic (exact) mass is 466 g/mol. The van der Waals surface area contributed by atoms with Gasteiger partial charge in [0.25, 0.3) is 0 Å². The van der Waals surface area contributed by atoms with Crippen LogP contribution in [0.2, 0.25) is 0 Å². The highest BCUT2D eigenvalue weighted by Crippen LogP contribution is 2.18. The van der Waals surface area contributed by atoms with Crippen LogP contribution in [0.4, 0.5) is 11.4 Å². The van der Waals surface area contributed by atoms with Gasteiger partial charge >= 0.3 is 0 Å². The lowest BCUT2D eigenvalue weighted by Gasteiger charge is -2.12. The first-order valence-electron chi connectivity index (χ1n) is 11.4. The average molecular weight is 467 g/mol. The molecule has 0 aliphatic carbocycles. The van der Waals surface area contributed by atoms with Gasteiger partial charge < -0.3 is 10.6 Å². The van der Waals surface area contributed by atoms with E-state index < -0.39 is 0 Å². The van der Waals surface area contributed by atoms with Gasteiger partial charge in [-0.2, -0.15) is 0 Å². The first-order chi connectivity index (χ1) is 17.1. The summed E-state index contributed by atoms with van der Waals surface area (Å²) < 4.78 is 0. The zero-order valence-electron chi connectivity index (χ0n) is 19.4. The Kier molecular flexibility index (Phi) is 7.85. The molecule has 0 bridgehead atoms. The largest absolute Gasteiger partial charge is 0.323 e. The van der Waals surface area contributed by atoms with Crippen LogP contribution in [0.15, 0.2) is 85.5 Å². The SMILES string of the molecule is CC(CCC(=O)Nc1cnc(-c2ccccc2)nc1)CC(=O)Nc1cnc(-c2ccccc2)nc1. The first-order valence-corrected chi connectivity index (χ1v) is 11.4. The van der Waals surface area contributed by atoms with Crippen molar-refractivity contribution in [2.45, 2.75) is 26.2 Å². The molecule has 2 amide bonds. The topological polar surface area (TPSA) is 110 Å². The fourth-order valence-corrected chi connectivity index (χ4v) is 3.49. The van der Waals surface area contributed by atoms with Crippen molar-refractivity contribution >= 4 is 23.2 Å². The van der Waals surface area contributed by atoms with Gasteiger partial charge in [-0.15, -0.1) is 0 Å². The molecule has 0 fully saturated rings. The molecule has 0 saturated carbocycles. The highest BCUT2D eigenvalue weighted by Gasteiger charge is 2.13. The van der Waals surface area contributed by atoms with Gasteiger partial charge in [-0.3, -0.25) is 9.59 Å². The molecule has 2 aromatic heterocycles. The molecule has 0 aliphatic rings. The van der Waals surface area contributed by atoms with Gasteiger partial charge in [0.15, 0.2) is 11.6 Å². The Morgan fingerprint density at radius 3 is 1.57 bits per heavy atom. The fraction of sp³-hybridized carbons (Fsp3) is 0.185. The van der Waals surface area contributed by atoms with E-state index in [1.54, 1.807) is 24.8 Å². The predicted octanol–water partition coefficient (Wildman–Crippen LogP) is 4.98. The van der Waals surface area contributed by atoms with Crippen LogP contribution in [0.1, 0.15) is 26.2 Å². The molecule has 1 unspecified atom stereocenters. The maximum absolute atomic E-state index is 12.4. The third-order valence-corrected chi connectivity index (χ3v) is 5.33. The molecular weight excluding hydrogens is 440 g/mol. The summed E-state index contributed by atoms with van der Waals surface area (Å²) in [4.78, 5) is 41.9. The molecule has 1 atom stereocenters. The molecule has 4 aromatic rings. The number of aromatic nitrogens is 4. The molecule has 176 valence electrons. The van der Waals surface area contributed by atoms with Gasteiger partial charge in [-0.25, -0.2) is 19.9 Å². The summed E-state index contributed by atoms with van der Waals surface area (Å²) in [6.45, 7) is 1.94. The molecule has 0 spiro atoms. The number of nitrogens with one attached hydrogen (secondary N) is 2. The second-order valence-electron chi connectivity index (χ2n) is 8.27. The summed E-state index contributed by atoms with van der Waals surface area (Å²) in [5.41, 5.74) is 2.91. The lowest BCUT2D eigenvalue weighted by molar-refractivity contribution is -0.118. The Morgan fingerprint density at radius 1 is 0.686 bits per heavy atom. The molecule has 0 saturated heterocycles. The summed E-state index contributed by atoms with van der Waals surface area (Å²) in [5, 5.41) is 5.62. The van der Waals surface area contributed by atoms with E-state index in [4.69, 9.17) is 0 Å². The number of amides is 2. The average Bonchev–Trinajstić information content (AvgIpc) is 2.89. The summed E-state index contributed by atoms with van der Waals surface area (Å²) in [7, 11) is 0. The van der Waals surface area contributed by atoms with E-state index >= 15 is 0 Å². The Hall–Kier alpha value is -4.46. The normalized spacial score (nSPS) is 11.5. The summed E-state index contributed by atoms with van der Waals surface area (Å²) in [5.74, 6) is 0.950. The number of carbonyl (C=O) groups is 2. The van der Waals surface area contributed by atoms with Crippen LogP contribution in [-0.4, -0.2) is 31.8 Å². The lowest BCUT2D eigenvalue weighted by Crippen LogP contribution is -2.18. The number of hydrogen-bond donors (Lipinski definition) is 2. The number of hydrogen-bond acceptors (Lipinski definition) is 6. The maximum atomic E-state index is 12.4. The lowest BCUT2D eigenvalue weighted by atomic mass is 10.0. The Balaban J connectivity index is 1.19. The number of anilines is 2. The second-order valence-corrected chi connectivity index (χ2v) is 8.27. The third-order valence-electron chi connectivity index (χ3n) is 5.33. The van der Waals surface area contributed by atoms with Crippen molar-refractivity contribution in [1.82, 2.24) is 19.9 Å². The zero-order chi connectivity index (χ0) is 24.5. The summed E-state index contributed by atoms with van der Waals surface area (Å²) >= 11 is 0. The number of nitrogens with zero attached hydrogens (tertiary/aromatic N) is 4. The second kappa shape index (κ2) is 11.6. The van der Waals surface area contributed by atoms with Gasteiger partial charge in [0.2, 0.25) is 11.8 Å². The van der Waals surface area contributed by atoms with Crippen LogP contribution < -0.4 is 10.6 Å². The minimum atomic E-state index is -0.141. The molecule has 4 rings (SSSR count). The molecule has 0 aliphatic heterocycles. The van der Waals surface area contributed by atoms with Crippen LogP contribution >= 0.6 is 0 Å². The van der Waals surface area contributed by atoms with E-state index in [9.17, 15) is 9.59 Å². The van der Waals surface area contributed by atoms with Gasteiger partial charge in [0.05, 0.1) is 36.2 Å². The predicted molar refractivity (Wildman–Crippen MR) is 135 cm³/mol. The van der Waals surface area contributed by atoms with Crippen molar-refractivity contribution in [2.24, 2.45) is 5.92 Å². The van der Waals surface area contributed by atoms with E-state index in [1.165, 1.54) is 0 Å². The van der Waals surface area contributed by atoms with Crippen molar-refractivity contribution in [3.63, 3.8) is 0 Å². The quantitative estimate of drug-likeness (QED) is 0.360. The molecule has 2 aromatic carbocycles. The minimum absolute atomic E-state index is 0.0296. The van der Waals surface area contributed by atoms with Crippen LogP contribution in [0, 0.1) is 5.92 Å². The molecule has 2 N–H and O–H groups in total. The molecular formula is C27H26N6O2. The molecule has 35 heavy (non-hydrogen) atoms.